The Balaban J connectivity index is 2.30. The fraction of sp³-hybridized carbons (Fsp3) is 0.400. The van der Waals surface area contributed by atoms with Crippen molar-refractivity contribution in [1.29, 1.82) is 0 Å². The molecule has 1 amide bonds. The van der Waals surface area contributed by atoms with E-state index in [1.807, 2.05) is 31.0 Å². The highest BCUT2D eigenvalue weighted by molar-refractivity contribution is 7.21. The minimum absolute atomic E-state index is 0.155. The second-order valence-corrected chi connectivity index (χ2v) is 5.68. The number of carbonyl (C=O) groups excluding carboxylic acids is 1. The highest BCUT2D eigenvalue weighted by atomic mass is 32.1. The van der Waals surface area contributed by atoms with Crippen molar-refractivity contribution >= 4 is 27.3 Å². The number of hydrogen-bond acceptors (Lipinski definition) is 2. The standard InChI is InChI=1S/C15H19NOS/c1-4-5-10-16(3)15(17)14-11(2)12-8-6-7-9-13(12)18-14/h6-9H,4-5,10H2,1-3H3. The van der Waals surface area contributed by atoms with Crippen LogP contribution in [0.15, 0.2) is 24.3 Å². The molecule has 0 saturated heterocycles. The van der Waals surface area contributed by atoms with Crippen LogP contribution in [-0.2, 0) is 0 Å². The number of fused-ring (bicyclic) bond motifs is 1. The third-order valence-corrected chi connectivity index (χ3v) is 4.49. The Morgan fingerprint density at radius 3 is 2.72 bits per heavy atom. The molecule has 1 aromatic carbocycles. The minimum atomic E-state index is 0.155. The molecule has 0 saturated carbocycles. The molecule has 96 valence electrons. The van der Waals surface area contributed by atoms with Gasteiger partial charge in [-0.1, -0.05) is 31.5 Å². The first-order valence-electron chi connectivity index (χ1n) is 6.38. The SMILES string of the molecule is CCCCN(C)C(=O)c1sc2ccccc2c1C. The number of carbonyl (C=O) groups is 1. The van der Waals surface area contributed by atoms with E-state index in [-0.39, 0.29) is 5.91 Å². The maximum Gasteiger partial charge on any atom is 0.263 e. The molecule has 0 unspecified atom stereocenters. The number of rotatable bonds is 4. The minimum Gasteiger partial charge on any atom is -0.341 e. The van der Waals surface area contributed by atoms with Gasteiger partial charge in [0.1, 0.15) is 0 Å². The summed E-state index contributed by atoms with van der Waals surface area (Å²) < 4.78 is 1.20. The van der Waals surface area contributed by atoms with E-state index in [9.17, 15) is 4.79 Å². The summed E-state index contributed by atoms with van der Waals surface area (Å²) in [5.74, 6) is 0.155. The number of benzene rings is 1. The van der Waals surface area contributed by atoms with Crippen molar-refractivity contribution in [2.75, 3.05) is 13.6 Å². The molecule has 0 N–H and O–H groups in total. The second-order valence-electron chi connectivity index (χ2n) is 4.63. The zero-order chi connectivity index (χ0) is 13.1. The summed E-state index contributed by atoms with van der Waals surface area (Å²) >= 11 is 1.60. The molecular formula is C15H19NOS. The Bertz CT molecular complexity index is 559. The lowest BCUT2D eigenvalue weighted by Gasteiger charge is -2.16. The molecule has 1 heterocycles. The maximum atomic E-state index is 12.4. The molecule has 0 spiro atoms. The van der Waals surface area contributed by atoms with Crippen LogP contribution in [0.1, 0.15) is 35.0 Å². The number of hydrogen-bond donors (Lipinski definition) is 0. The van der Waals surface area contributed by atoms with Gasteiger partial charge in [0.2, 0.25) is 0 Å². The first kappa shape index (κ1) is 13.1. The highest BCUT2D eigenvalue weighted by Gasteiger charge is 2.18. The molecule has 0 aliphatic carbocycles. The van der Waals surface area contributed by atoms with Crippen LogP contribution in [-0.4, -0.2) is 24.4 Å². The van der Waals surface area contributed by atoms with E-state index in [0.717, 1.165) is 29.8 Å². The van der Waals surface area contributed by atoms with Gasteiger partial charge in [0, 0.05) is 18.3 Å². The van der Waals surface area contributed by atoms with Crippen molar-refractivity contribution in [1.82, 2.24) is 4.90 Å². The van der Waals surface area contributed by atoms with Gasteiger partial charge >= 0.3 is 0 Å². The second kappa shape index (κ2) is 5.53. The van der Waals surface area contributed by atoms with Crippen LogP contribution in [0, 0.1) is 6.92 Å². The van der Waals surface area contributed by atoms with Gasteiger partial charge in [0.15, 0.2) is 0 Å². The lowest BCUT2D eigenvalue weighted by molar-refractivity contribution is 0.0797. The Morgan fingerprint density at radius 1 is 1.33 bits per heavy atom. The Kier molecular flexibility index (Phi) is 4.02. The summed E-state index contributed by atoms with van der Waals surface area (Å²) in [6, 6.07) is 8.21. The third kappa shape index (κ3) is 2.41. The van der Waals surface area contributed by atoms with Crippen LogP contribution in [0.25, 0.3) is 10.1 Å². The molecule has 0 aliphatic heterocycles. The number of thiophene rings is 1. The van der Waals surface area contributed by atoms with Gasteiger partial charge in [-0.05, 0) is 30.4 Å². The predicted octanol–water partition coefficient (Wildman–Crippen LogP) is 4.08. The zero-order valence-electron chi connectivity index (χ0n) is 11.2. The van der Waals surface area contributed by atoms with Crippen LogP contribution in [0.3, 0.4) is 0 Å². The summed E-state index contributed by atoms with van der Waals surface area (Å²) in [6.45, 7) is 5.02. The van der Waals surface area contributed by atoms with Gasteiger partial charge in [-0.2, -0.15) is 0 Å². The average molecular weight is 261 g/mol. The largest absolute Gasteiger partial charge is 0.341 e. The van der Waals surface area contributed by atoms with Gasteiger partial charge in [-0.15, -0.1) is 11.3 Å². The van der Waals surface area contributed by atoms with E-state index in [1.54, 1.807) is 11.3 Å². The van der Waals surface area contributed by atoms with Gasteiger partial charge in [-0.3, -0.25) is 4.79 Å². The Morgan fingerprint density at radius 2 is 2.06 bits per heavy atom. The van der Waals surface area contributed by atoms with E-state index < -0.39 is 0 Å². The van der Waals surface area contributed by atoms with Crippen LogP contribution < -0.4 is 0 Å². The van der Waals surface area contributed by atoms with E-state index in [0.29, 0.717) is 0 Å². The molecule has 2 aromatic rings. The van der Waals surface area contributed by atoms with Crippen molar-refractivity contribution in [3.8, 4) is 0 Å². The lowest BCUT2D eigenvalue weighted by atomic mass is 10.1. The highest BCUT2D eigenvalue weighted by Crippen LogP contribution is 2.31. The summed E-state index contributed by atoms with van der Waals surface area (Å²) in [4.78, 5) is 15.1. The average Bonchev–Trinajstić information content (AvgIpc) is 2.73. The molecule has 2 rings (SSSR count). The topological polar surface area (TPSA) is 20.3 Å². The van der Waals surface area contributed by atoms with Crippen LogP contribution >= 0.6 is 11.3 Å². The molecule has 0 fully saturated rings. The smallest absolute Gasteiger partial charge is 0.263 e. The number of amides is 1. The van der Waals surface area contributed by atoms with Crippen molar-refractivity contribution in [2.45, 2.75) is 26.7 Å². The van der Waals surface area contributed by atoms with Crippen LogP contribution in [0.4, 0.5) is 0 Å². The van der Waals surface area contributed by atoms with Crippen molar-refractivity contribution in [2.24, 2.45) is 0 Å². The summed E-state index contributed by atoms with van der Waals surface area (Å²) in [5.41, 5.74) is 1.11. The van der Waals surface area contributed by atoms with E-state index in [4.69, 9.17) is 0 Å². The quantitative estimate of drug-likeness (QED) is 0.812. The fourth-order valence-electron chi connectivity index (χ4n) is 2.05. The van der Waals surface area contributed by atoms with Crippen LogP contribution in [0.2, 0.25) is 0 Å². The predicted molar refractivity (Wildman–Crippen MR) is 78.4 cm³/mol. The molecular weight excluding hydrogens is 242 g/mol. The van der Waals surface area contributed by atoms with Gasteiger partial charge in [0.25, 0.3) is 5.91 Å². The molecule has 0 bridgehead atoms. The summed E-state index contributed by atoms with van der Waals surface area (Å²) in [7, 11) is 1.89. The molecule has 0 atom stereocenters. The monoisotopic (exact) mass is 261 g/mol. The molecule has 0 radical (unpaired) electrons. The lowest BCUT2D eigenvalue weighted by Crippen LogP contribution is -2.27. The fourth-order valence-corrected chi connectivity index (χ4v) is 3.25. The van der Waals surface area contributed by atoms with Crippen molar-refractivity contribution in [3.63, 3.8) is 0 Å². The molecule has 18 heavy (non-hydrogen) atoms. The normalized spacial score (nSPS) is 10.8. The summed E-state index contributed by atoms with van der Waals surface area (Å²) in [5, 5.41) is 1.20. The third-order valence-electron chi connectivity index (χ3n) is 3.23. The molecule has 3 heteroatoms. The summed E-state index contributed by atoms with van der Waals surface area (Å²) in [6.07, 6.45) is 2.18. The van der Waals surface area contributed by atoms with Gasteiger partial charge in [0.05, 0.1) is 4.88 Å². The van der Waals surface area contributed by atoms with E-state index >= 15 is 0 Å². The molecule has 0 aliphatic rings. The van der Waals surface area contributed by atoms with Gasteiger partial charge in [-0.25, -0.2) is 0 Å². The van der Waals surface area contributed by atoms with E-state index in [2.05, 4.69) is 19.1 Å². The first-order chi connectivity index (χ1) is 8.65. The molecule has 1 aromatic heterocycles. The Hall–Kier alpha value is -1.35. The van der Waals surface area contributed by atoms with Gasteiger partial charge < -0.3 is 4.90 Å². The number of aryl methyl sites for hydroxylation is 1. The van der Waals surface area contributed by atoms with E-state index in [1.165, 1.54) is 10.1 Å². The number of nitrogens with zero attached hydrogens (tertiary/aromatic N) is 1. The maximum absolute atomic E-state index is 12.4. The Labute approximate surface area is 112 Å². The first-order valence-corrected chi connectivity index (χ1v) is 7.20. The van der Waals surface area contributed by atoms with Crippen LogP contribution in [0.5, 0.6) is 0 Å². The zero-order valence-corrected chi connectivity index (χ0v) is 12.0. The van der Waals surface area contributed by atoms with Crippen molar-refractivity contribution in [3.05, 3.63) is 34.7 Å². The van der Waals surface area contributed by atoms with Crippen molar-refractivity contribution < 1.29 is 4.79 Å². The number of unbranched alkanes of at least 4 members (excludes halogenated alkanes) is 1. The molecule has 2 nitrogen and oxygen atoms in total.